The smallest absolute Gasteiger partial charge is 0.264 e. The fourth-order valence-corrected chi connectivity index (χ4v) is 4.00. The molecule has 1 N–H and O–H groups in total. The maximum Gasteiger partial charge on any atom is 0.264 e. The van der Waals surface area contributed by atoms with E-state index in [1.165, 1.54) is 29.5 Å². The van der Waals surface area contributed by atoms with Gasteiger partial charge in [0.15, 0.2) is 5.17 Å². The highest BCUT2D eigenvalue weighted by Crippen LogP contribution is 2.29. The van der Waals surface area contributed by atoms with E-state index in [9.17, 15) is 14.7 Å². The molecule has 166 valence electrons. The van der Waals surface area contributed by atoms with E-state index in [1.54, 1.807) is 30.3 Å². The number of ether oxygens (including phenoxy) is 1. The number of thioether (sulfide) groups is 1. The van der Waals surface area contributed by atoms with Crippen molar-refractivity contribution in [1.82, 2.24) is 5.32 Å². The number of hydrogen-bond donors (Lipinski definition) is 1. The Bertz CT molecular complexity index is 1280. The fraction of sp³-hybridized carbons (Fsp3) is 0.115. The minimum absolute atomic E-state index is 0.117. The third-order valence-electron chi connectivity index (χ3n) is 5.12. The van der Waals surface area contributed by atoms with E-state index in [0.29, 0.717) is 15.8 Å². The van der Waals surface area contributed by atoms with Crippen molar-refractivity contribution in [2.45, 2.75) is 20.5 Å². The number of nitrogens with zero attached hydrogens (tertiary/aromatic N) is 1. The average molecular weight is 458 g/mol. The highest BCUT2D eigenvalue weighted by molar-refractivity contribution is 8.18. The molecule has 0 aliphatic carbocycles. The number of amidine groups is 1. The van der Waals surface area contributed by atoms with Gasteiger partial charge in [-0.15, -0.1) is 0 Å². The predicted octanol–water partition coefficient (Wildman–Crippen LogP) is 4.14. The van der Waals surface area contributed by atoms with Crippen LogP contribution in [0, 0.1) is 13.8 Å². The van der Waals surface area contributed by atoms with Gasteiger partial charge in [0.1, 0.15) is 12.4 Å². The number of aromatic carboxylic acids is 1. The van der Waals surface area contributed by atoms with Gasteiger partial charge in [0, 0.05) is 0 Å². The molecule has 7 heteroatoms. The molecule has 0 unspecified atom stereocenters. The van der Waals surface area contributed by atoms with E-state index in [-0.39, 0.29) is 18.1 Å². The Morgan fingerprint density at radius 1 is 1.06 bits per heavy atom. The predicted molar refractivity (Wildman–Crippen MR) is 128 cm³/mol. The topological polar surface area (TPSA) is 90.8 Å². The summed E-state index contributed by atoms with van der Waals surface area (Å²) in [4.78, 5) is 28.4. The van der Waals surface area contributed by atoms with Crippen LogP contribution in [0.1, 0.15) is 32.6 Å². The number of rotatable bonds is 6. The van der Waals surface area contributed by atoms with Crippen LogP contribution in [0.4, 0.5) is 5.69 Å². The van der Waals surface area contributed by atoms with Crippen LogP contribution in [-0.2, 0) is 11.4 Å². The van der Waals surface area contributed by atoms with Gasteiger partial charge in [-0.05, 0) is 89.8 Å². The number of amides is 1. The maximum absolute atomic E-state index is 12.4. The van der Waals surface area contributed by atoms with Crippen molar-refractivity contribution in [1.29, 1.82) is 0 Å². The minimum atomic E-state index is -1.22. The van der Waals surface area contributed by atoms with Crippen LogP contribution in [0.5, 0.6) is 5.75 Å². The van der Waals surface area contributed by atoms with Crippen molar-refractivity contribution in [2.24, 2.45) is 4.99 Å². The number of nitrogens with one attached hydrogen (secondary N) is 1. The number of carbonyl (C=O) groups excluding carboxylic acids is 2. The normalized spacial score (nSPS) is 15.6. The second-order valence-electron chi connectivity index (χ2n) is 7.60. The van der Waals surface area contributed by atoms with Crippen molar-refractivity contribution in [3.63, 3.8) is 0 Å². The molecule has 1 saturated heterocycles. The number of aliphatic imine (C=N–C) groups is 1. The van der Waals surface area contributed by atoms with Crippen molar-refractivity contribution in [3.8, 4) is 5.75 Å². The van der Waals surface area contributed by atoms with Crippen molar-refractivity contribution in [3.05, 3.63) is 99.5 Å². The van der Waals surface area contributed by atoms with Gasteiger partial charge in [0.2, 0.25) is 0 Å². The Balaban J connectivity index is 1.40. The molecule has 4 rings (SSSR count). The van der Waals surface area contributed by atoms with Gasteiger partial charge in [-0.2, -0.15) is 0 Å². The summed E-state index contributed by atoms with van der Waals surface area (Å²) in [7, 11) is 0. The zero-order valence-corrected chi connectivity index (χ0v) is 18.9. The monoisotopic (exact) mass is 457 g/mol. The number of carboxylic acid groups (broad SMARTS) is 1. The Kier molecular flexibility index (Phi) is 6.60. The number of carbonyl (C=O) groups is 2. The van der Waals surface area contributed by atoms with E-state index in [0.717, 1.165) is 22.4 Å². The van der Waals surface area contributed by atoms with Gasteiger partial charge in [-0.25, -0.2) is 4.99 Å². The third kappa shape index (κ3) is 5.70. The zero-order valence-electron chi connectivity index (χ0n) is 18.1. The molecule has 33 heavy (non-hydrogen) atoms. The van der Waals surface area contributed by atoms with Gasteiger partial charge >= 0.3 is 0 Å². The molecular formula is C26H21N2O4S-. The summed E-state index contributed by atoms with van der Waals surface area (Å²) in [6.45, 7) is 4.31. The highest BCUT2D eigenvalue weighted by atomic mass is 32.2. The largest absolute Gasteiger partial charge is 0.545 e. The van der Waals surface area contributed by atoms with Crippen molar-refractivity contribution in [2.75, 3.05) is 0 Å². The molecule has 1 aliphatic rings. The molecule has 0 spiro atoms. The summed E-state index contributed by atoms with van der Waals surface area (Å²) in [5.41, 5.74) is 4.85. The lowest BCUT2D eigenvalue weighted by Crippen LogP contribution is -2.22. The molecule has 0 bridgehead atoms. The van der Waals surface area contributed by atoms with Crippen molar-refractivity contribution >= 4 is 40.6 Å². The third-order valence-corrected chi connectivity index (χ3v) is 6.03. The standard InChI is InChI=1S/C26H22N2O4S/c1-16-6-9-21(12-17(16)2)27-26-28-24(29)23(33-26)14-18-7-10-22(11-8-18)32-15-19-4-3-5-20(13-19)25(30)31/h3-14H,15H2,1-2H3,(H,30,31)(H,27,28,29)/p-1. The minimum Gasteiger partial charge on any atom is -0.545 e. The lowest BCUT2D eigenvalue weighted by Gasteiger charge is -2.08. The van der Waals surface area contributed by atoms with Crippen LogP contribution in [-0.4, -0.2) is 17.0 Å². The SMILES string of the molecule is Cc1ccc(N=C2NC(=O)C(=Cc3ccc(OCc4cccc(C(=O)[O-])c4)cc3)S2)cc1C. The lowest BCUT2D eigenvalue weighted by atomic mass is 10.1. The van der Waals surface area contributed by atoms with Crippen LogP contribution in [0.2, 0.25) is 0 Å². The first-order valence-corrected chi connectivity index (χ1v) is 11.1. The Labute approximate surface area is 196 Å². The van der Waals surface area contributed by atoms with Crippen LogP contribution >= 0.6 is 11.8 Å². The second kappa shape index (κ2) is 9.75. The molecule has 0 atom stereocenters. The molecule has 0 aromatic heterocycles. The summed E-state index contributed by atoms with van der Waals surface area (Å²) in [6, 6.07) is 19.7. The quantitative estimate of drug-likeness (QED) is 0.562. The first-order chi connectivity index (χ1) is 15.9. The lowest BCUT2D eigenvalue weighted by molar-refractivity contribution is -0.255. The van der Waals surface area contributed by atoms with Gasteiger partial charge < -0.3 is 20.0 Å². The summed E-state index contributed by atoms with van der Waals surface area (Å²) in [5.74, 6) is -0.766. The van der Waals surface area contributed by atoms with E-state index in [1.807, 2.05) is 44.2 Å². The molecule has 1 heterocycles. The molecule has 1 aliphatic heterocycles. The number of carboxylic acids is 1. The van der Waals surface area contributed by atoms with E-state index < -0.39 is 5.97 Å². The number of benzene rings is 3. The summed E-state index contributed by atoms with van der Waals surface area (Å²) in [5, 5.41) is 14.3. The first-order valence-electron chi connectivity index (χ1n) is 10.3. The molecule has 0 radical (unpaired) electrons. The van der Waals surface area contributed by atoms with Gasteiger partial charge in [-0.3, -0.25) is 4.79 Å². The van der Waals surface area contributed by atoms with Crippen LogP contribution in [0.3, 0.4) is 0 Å². The summed E-state index contributed by atoms with van der Waals surface area (Å²) < 4.78 is 5.74. The molecule has 3 aromatic rings. The number of hydrogen-bond acceptors (Lipinski definition) is 6. The fourth-order valence-electron chi connectivity index (χ4n) is 3.16. The van der Waals surface area contributed by atoms with E-state index in [4.69, 9.17) is 4.74 Å². The van der Waals surface area contributed by atoms with Gasteiger partial charge in [-0.1, -0.05) is 36.4 Å². The number of aryl methyl sites for hydroxylation is 2. The van der Waals surface area contributed by atoms with Crippen LogP contribution in [0.15, 0.2) is 76.6 Å². The zero-order chi connectivity index (χ0) is 23.4. The van der Waals surface area contributed by atoms with E-state index >= 15 is 0 Å². The summed E-state index contributed by atoms with van der Waals surface area (Å²) in [6.07, 6.45) is 1.80. The molecule has 0 saturated carbocycles. The second-order valence-corrected chi connectivity index (χ2v) is 8.63. The Morgan fingerprint density at radius 3 is 2.58 bits per heavy atom. The van der Waals surface area contributed by atoms with Crippen molar-refractivity contribution < 1.29 is 19.4 Å². The van der Waals surface area contributed by atoms with Crippen LogP contribution < -0.4 is 15.2 Å². The van der Waals surface area contributed by atoms with Gasteiger partial charge in [0.25, 0.3) is 5.91 Å². The Hall–Kier alpha value is -3.84. The summed E-state index contributed by atoms with van der Waals surface area (Å²) >= 11 is 1.30. The molecule has 6 nitrogen and oxygen atoms in total. The van der Waals surface area contributed by atoms with E-state index in [2.05, 4.69) is 10.3 Å². The maximum atomic E-state index is 12.4. The molecule has 3 aromatic carbocycles. The molecule has 1 fully saturated rings. The van der Waals surface area contributed by atoms with Gasteiger partial charge in [0.05, 0.1) is 16.6 Å². The highest BCUT2D eigenvalue weighted by Gasteiger charge is 2.23. The average Bonchev–Trinajstić information content (AvgIpc) is 3.14. The molecular weight excluding hydrogens is 436 g/mol. The first kappa shape index (κ1) is 22.4. The molecule has 1 amide bonds. The van der Waals surface area contributed by atoms with Crippen LogP contribution in [0.25, 0.3) is 6.08 Å². The Morgan fingerprint density at radius 2 is 1.85 bits per heavy atom.